The van der Waals surface area contributed by atoms with Crippen LogP contribution in [0.1, 0.15) is 13.3 Å². The molecule has 0 aromatic heterocycles. The molecule has 0 unspecified atom stereocenters. The molecule has 0 aliphatic heterocycles. The van der Waals surface area contributed by atoms with Crippen molar-refractivity contribution in [2.45, 2.75) is 13.3 Å². The predicted molar refractivity (Wildman–Crippen MR) is 22.7 cm³/mol. The van der Waals surface area contributed by atoms with Crippen LogP contribution in [0.3, 0.4) is 0 Å². The summed E-state index contributed by atoms with van der Waals surface area (Å²) in [6, 6.07) is 0. The molecule has 0 nitrogen and oxygen atoms in total. The molecule has 0 atom stereocenters. The van der Waals surface area contributed by atoms with E-state index in [2.05, 4.69) is 19.6 Å². The van der Waals surface area contributed by atoms with E-state index >= 15 is 0 Å². The zero-order valence-electron chi connectivity index (χ0n) is 2.82. The van der Waals surface area contributed by atoms with Crippen LogP contribution >= 0.6 is 12.6 Å². The van der Waals surface area contributed by atoms with Crippen LogP contribution in [0.25, 0.3) is 0 Å². The summed E-state index contributed by atoms with van der Waals surface area (Å²) in [7, 11) is 0. The molecule has 4 heavy (non-hydrogen) atoms. The third-order valence-corrected chi connectivity index (χ3v) is 0.612. The van der Waals surface area contributed by atoms with Gasteiger partial charge in [-0.2, -0.15) is 0 Å². The first kappa shape index (κ1) is 4.35. The summed E-state index contributed by atoms with van der Waals surface area (Å²) in [6.07, 6.45) is 1.13. The Balaban J connectivity index is 1.97. The highest BCUT2D eigenvalue weighted by Gasteiger charge is 1.58. The largest absolute Gasteiger partial charge is 0.0942 e. The Kier molecular flexibility index (Phi) is 3.64. The second kappa shape index (κ2) is 3.35. The Labute approximate surface area is 32.6 Å². The van der Waals surface area contributed by atoms with Crippen molar-refractivity contribution in [1.82, 2.24) is 0 Å². The van der Waals surface area contributed by atoms with Crippen LogP contribution in [0.4, 0.5) is 0 Å². The molecule has 0 fully saturated rings. The van der Waals surface area contributed by atoms with Gasteiger partial charge in [-0.05, 0) is 6.42 Å². The smallest absolute Gasteiger partial charge is 0.00343 e. The molecule has 0 spiro atoms. The maximum atomic E-state index is 4.55. The third kappa shape index (κ3) is 2.35. The summed E-state index contributed by atoms with van der Waals surface area (Å²) in [6.45, 7) is 2.08. The first-order chi connectivity index (χ1) is 1.91. The van der Waals surface area contributed by atoms with Crippen molar-refractivity contribution in [1.29, 1.82) is 0 Å². The summed E-state index contributed by atoms with van der Waals surface area (Å²) in [5.74, 6) is 0.903. The molecule has 0 aromatic carbocycles. The van der Waals surface area contributed by atoms with E-state index in [-0.39, 0.29) is 0 Å². The van der Waals surface area contributed by atoms with Gasteiger partial charge in [0.25, 0.3) is 0 Å². The van der Waals surface area contributed by atoms with Gasteiger partial charge in [0.2, 0.25) is 0 Å². The fourth-order valence-corrected chi connectivity index (χ4v) is 0. The fraction of sp³-hybridized carbons (Fsp3) is 1.00. The van der Waals surface area contributed by atoms with E-state index in [4.69, 9.17) is 0 Å². The van der Waals surface area contributed by atoms with Crippen molar-refractivity contribution in [3.05, 3.63) is 0 Å². The van der Waals surface area contributed by atoms with Crippen LogP contribution < -0.4 is 0 Å². The lowest BCUT2D eigenvalue weighted by Crippen LogP contribution is -1.56. The Hall–Kier alpha value is 0.350. The minimum absolute atomic E-state index is 0.903. The van der Waals surface area contributed by atoms with E-state index in [0.29, 0.717) is 0 Å². The quantitative estimate of drug-likeness (QED) is 0.444. The van der Waals surface area contributed by atoms with Gasteiger partial charge >= 0.3 is 0 Å². The van der Waals surface area contributed by atoms with Gasteiger partial charge in [0.1, 0.15) is 0 Å². The molecule has 0 aliphatic carbocycles. The second-order valence-corrected chi connectivity index (χ2v) is 1.11. The molecule has 0 heterocycles. The normalized spacial score (nSPS) is 7.50. The Morgan fingerprint density at radius 3 is 2.00 bits per heavy atom. The highest BCUT2D eigenvalue weighted by molar-refractivity contribution is 7.80. The Bertz CT molecular complexity index is 5.25. The van der Waals surface area contributed by atoms with Crippen LogP contribution in [0.5, 0.6) is 0 Å². The van der Waals surface area contributed by atoms with Crippen LogP contribution in [0, 0.1) is 0 Å². The van der Waals surface area contributed by atoms with E-state index in [1.165, 1.54) is 0 Å². The Morgan fingerprint density at radius 1 is 1.75 bits per heavy atom. The molecular weight excluding hydrogens is 68.1 g/mol. The van der Waals surface area contributed by atoms with Crippen LogP contribution in [0.15, 0.2) is 0 Å². The molecule has 0 bridgehead atoms. The second-order valence-electron chi connectivity index (χ2n) is 0.704. The lowest BCUT2D eigenvalue weighted by Gasteiger charge is -1.66. The first-order valence-electron chi connectivity index (χ1n) is 1.50. The molecule has 1 heteroatoms. The minimum Gasteiger partial charge on any atom is -0.0942 e. The van der Waals surface area contributed by atoms with E-state index in [9.17, 15) is 0 Å². The summed E-state index contributed by atoms with van der Waals surface area (Å²) >= 11 is 4.55. The molecule has 0 amide bonds. The molecule has 0 aromatic rings. The van der Waals surface area contributed by atoms with E-state index in [0.717, 1.165) is 12.2 Å². The van der Waals surface area contributed by atoms with Gasteiger partial charge in [0.05, 0.1) is 0 Å². The SMILES string of the molecule is CCC[S]. The highest BCUT2D eigenvalue weighted by atomic mass is 32.1. The van der Waals surface area contributed by atoms with Crippen molar-refractivity contribution in [3.8, 4) is 0 Å². The average Bonchev–Trinajstić information content (AvgIpc) is 1.37. The molecule has 1 radical (unpaired) electrons. The number of hydrogen-bond acceptors (Lipinski definition) is 0. The van der Waals surface area contributed by atoms with Gasteiger partial charge < -0.3 is 0 Å². The first-order valence-corrected chi connectivity index (χ1v) is 2.07. The van der Waals surface area contributed by atoms with Crippen LogP contribution in [-0.2, 0) is 0 Å². The maximum Gasteiger partial charge on any atom is 0.00343 e. The standard InChI is InChI=1S/C3H7S/c1-2-3-4/h2-3H2,1H3. The monoisotopic (exact) mass is 75.0 g/mol. The average molecular weight is 75.2 g/mol. The molecule has 0 aliphatic rings. The molecular formula is C3H7S. The number of rotatable bonds is 1. The Morgan fingerprint density at radius 2 is 2.00 bits per heavy atom. The van der Waals surface area contributed by atoms with Gasteiger partial charge in [-0.25, -0.2) is 0 Å². The van der Waals surface area contributed by atoms with Crippen molar-refractivity contribution < 1.29 is 0 Å². The molecule has 0 rings (SSSR count). The lowest BCUT2D eigenvalue weighted by atomic mass is 10.6. The zero-order chi connectivity index (χ0) is 3.41. The van der Waals surface area contributed by atoms with E-state index < -0.39 is 0 Å². The summed E-state index contributed by atoms with van der Waals surface area (Å²) in [4.78, 5) is 0. The van der Waals surface area contributed by atoms with Crippen LogP contribution in [0.2, 0.25) is 0 Å². The van der Waals surface area contributed by atoms with Crippen molar-refractivity contribution in [3.63, 3.8) is 0 Å². The third-order valence-electron chi connectivity index (χ3n) is 0.204. The lowest BCUT2D eigenvalue weighted by molar-refractivity contribution is 1.11. The van der Waals surface area contributed by atoms with Crippen molar-refractivity contribution in [2.24, 2.45) is 0 Å². The molecule has 0 saturated carbocycles. The number of hydrogen-bond donors (Lipinski definition) is 0. The summed E-state index contributed by atoms with van der Waals surface area (Å²) < 4.78 is 0. The van der Waals surface area contributed by atoms with Gasteiger partial charge in [-0.3, -0.25) is 0 Å². The molecule has 25 valence electrons. The minimum atomic E-state index is 0.903. The van der Waals surface area contributed by atoms with Gasteiger partial charge in [0.15, 0.2) is 0 Å². The van der Waals surface area contributed by atoms with Crippen molar-refractivity contribution in [2.75, 3.05) is 5.75 Å². The molecule has 0 saturated heterocycles. The van der Waals surface area contributed by atoms with Gasteiger partial charge in [-0.15, -0.1) is 0 Å². The van der Waals surface area contributed by atoms with E-state index in [1.807, 2.05) is 0 Å². The highest BCUT2D eigenvalue weighted by Crippen LogP contribution is 1.74. The van der Waals surface area contributed by atoms with Crippen molar-refractivity contribution >= 4 is 12.6 Å². The van der Waals surface area contributed by atoms with Crippen LogP contribution in [-0.4, -0.2) is 5.75 Å². The fourth-order valence-electron chi connectivity index (χ4n) is 0. The predicted octanol–water partition coefficient (Wildman–Crippen LogP) is 1.59. The van der Waals surface area contributed by atoms with E-state index in [1.54, 1.807) is 0 Å². The van der Waals surface area contributed by atoms with Gasteiger partial charge in [-0.1, -0.05) is 19.6 Å². The summed E-state index contributed by atoms with van der Waals surface area (Å²) in [5.41, 5.74) is 0. The van der Waals surface area contributed by atoms with Gasteiger partial charge in [0, 0.05) is 5.75 Å². The summed E-state index contributed by atoms with van der Waals surface area (Å²) in [5, 5.41) is 0. The maximum absolute atomic E-state index is 4.55. The zero-order valence-corrected chi connectivity index (χ0v) is 3.64. The topological polar surface area (TPSA) is 0 Å². The molecule has 0 N–H and O–H groups in total.